The summed E-state index contributed by atoms with van der Waals surface area (Å²) in [4.78, 5) is 36.0. The van der Waals surface area contributed by atoms with Gasteiger partial charge in [0, 0.05) is 5.02 Å². The third-order valence-corrected chi connectivity index (χ3v) is 3.94. The average Bonchev–Trinajstić information content (AvgIpc) is 3.12. The Labute approximate surface area is 156 Å². The number of hydrazine groups is 1. The van der Waals surface area contributed by atoms with Crippen LogP contribution in [0.4, 0.5) is 0 Å². The predicted molar refractivity (Wildman–Crippen MR) is 95.9 cm³/mol. The van der Waals surface area contributed by atoms with Crippen LogP contribution in [0.1, 0.15) is 31.1 Å². The monoisotopic (exact) mass is 377 g/mol. The van der Waals surface area contributed by atoms with Crippen LogP contribution in [0, 0.1) is 5.92 Å². The Hall–Kier alpha value is -2.80. The van der Waals surface area contributed by atoms with E-state index in [1.165, 1.54) is 6.26 Å². The molecule has 0 bridgehead atoms. The molecule has 0 radical (unpaired) electrons. The zero-order valence-electron chi connectivity index (χ0n) is 14.4. The second kappa shape index (κ2) is 9.05. The summed E-state index contributed by atoms with van der Waals surface area (Å²) in [5, 5.41) is 2.96. The molecule has 0 aliphatic heterocycles. The minimum absolute atomic E-state index is 0.0270. The van der Waals surface area contributed by atoms with E-state index in [1.54, 1.807) is 36.4 Å². The van der Waals surface area contributed by atoms with Gasteiger partial charge in [0.25, 0.3) is 0 Å². The van der Waals surface area contributed by atoms with Crippen molar-refractivity contribution in [1.82, 2.24) is 16.2 Å². The first-order valence-corrected chi connectivity index (χ1v) is 8.42. The zero-order chi connectivity index (χ0) is 19.1. The van der Waals surface area contributed by atoms with E-state index in [0.29, 0.717) is 10.8 Å². The van der Waals surface area contributed by atoms with E-state index in [1.807, 2.05) is 13.8 Å². The largest absolute Gasteiger partial charge is 0.467 e. The Morgan fingerprint density at radius 1 is 1.04 bits per heavy atom. The van der Waals surface area contributed by atoms with Crippen LogP contribution in [-0.4, -0.2) is 17.7 Å². The third kappa shape index (κ3) is 5.35. The molecule has 0 spiro atoms. The third-order valence-electron chi connectivity index (χ3n) is 3.69. The number of hydrogen-bond acceptors (Lipinski definition) is 4. The van der Waals surface area contributed by atoms with Gasteiger partial charge in [-0.1, -0.05) is 37.6 Å². The lowest BCUT2D eigenvalue weighted by Gasteiger charge is -2.21. The summed E-state index contributed by atoms with van der Waals surface area (Å²) < 4.78 is 5.05. The van der Waals surface area contributed by atoms with Crippen LogP contribution in [0.5, 0.6) is 0 Å². The molecule has 1 aromatic heterocycles. The summed E-state index contributed by atoms with van der Waals surface area (Å²) in [6.07, 6.45) is 1.46. The van der Waals surface area contributed by atoms with Crippen LogP contribution < -0.4 is 16.2 Å². The molecule has 138 valence electrons. The molecule has 0 aliphatic rings. The molecule has 3 amide bonds. The van der Waals surface area contributed by atoms with E-state index in [-0.39, 0.29) is 12.5 Å². The lowest BCUT2D eigenvalue weighted by Crippen LogP contribution is -2.50. The Morgan fingerprint density at radius 2 is 1.73 bits per heavy atom. The highest BCUT2D eigenvalue weighted by Gasteiger charge is 2.25. The molecule has 0 saturated heterocycles. The van der Waals surface area contributed by atoms with Crippen molar-refractivity contribution in [2.75, 3.05) is 0 Å². The molecule has 1 atom stereocenters. The van der Waals surface area contributed by atoms with Crippen LogP contribution in [-0.2, 0) is 20.9 Å². The number of hydrogen-bond donors (Lipinski definition) is 3. The molecule has 8 heteroatoms. The second-order valence-electron chi connectivity index (χ2n) is 5.98. The smallest absolute Gasteiger partial charge is 0.327 e. The number of benzene rings is 1. The van der Waals surface area contributed by atoms with Gasteiger partial charge in [-0.25, -0.2) is 0 Å². The quantitative estimate of drug-likeness (QED) is 0.549. The lowest BCUT2D eigenvalue weighted by molar-refractivity contribution is -0.141. The molecular weight excluding hydrogens is 358 g/mol. The van der Waals surface area contributed by atoms with Gasteiger partial charge in [-0.05, 0) is 35.7 Å². The first kappa shape index (κ1) is 19.5. The Bertz CT molecular complexity index is 757. The number of amides is 3. The van der Waals surface area contributed by atoms with Gasteiger partial charge in [0.05, 0.1) is 18.7 Å². The maximum absolute atomic E-state index is 12.4. The number of carbonyl (C=O) groups is 3. The Balaban J connectivity index is 1.89. The van der Waals surface area contributed by atoms with Gasteiger partial charge in [-0.2, -0.15) is 0 Å². The van der Waals surface area contributed by atoms with Crippen LogP contribution in [0.3, 0.4) is 0 Å². The Morgan fingerprint density at radius 3 is 2.31 bits per heavy atom. The van der Waals surface area contributed by atoms with E-state index in [2.05, 4.69) is 16.2 Å². The van der Waals surface area contributed by atoms with E-state index < -0.39 is 23.6 Å². The maximum atomic E-state index is 12.4. The van der Waals surface area contributed by atoms with Crippen molar-refractivity contribution >= 4 is 29.3 Å². The number of furan rings is 1. The van der Waals surface area contributed by atoms with Gasteiger partial charge in [-0.15, -0.1) is 0 Å². The summed E-state index contributed by atoms with van der Waals surface area (Å²) in [6, 6.07) is 10.2. The van der Waals surface area contributed by atoms with Gasteiger partial charge in [-0.3, -0.25) is 25.2 Å². The highest BCUT2D eigenvalue weighted by atomic mass is 35.5. The van der Waals surface area contributed by atoms with Crippen LogP contribution in [0.15, 0.2) is 47.1 Å². The fourth-order valence-corrected chi connectivity index (χ4v) is 2.55. The van der Waals surface area contributed by atoms with Crippen molar-refractivity contribution in [2.45, 2.75) is 26.3 Å². The van der Waals surface area contributed by atoms with Crippen molar-refractivity contribution in [3.8, 4) is 0 Å². The zero-order valence-corrected chi connectivity index (χ0v) is 15.2. The van der Waals surface area contributed by atoms with Gasteiger partial charge < -0.3 is 9.73 Å². The van der Waals surface area contributed by atoms with Crippen LogP contribution >= 0.6 is 11.6 Å². The van der Waals surface area contributed by atoms with Crippen LogP contribution in [0.2, 0.25) is 5.02 Å². The van der Waals surface area contributed by atoms with Crippen molar-refractivity contribution in [3.05, 3.63) is 59.0 Å². The summed E-state index contributed by atoms with van der Waals surface area (Å²) in [6.45, 7) is 3.85. The first-order chi connectivity index (χ1) is 12.4. The molecule has 0 fully saturated rings. The van der Waals surface area contributed by atoms with E-state index >= 15 is 0 Å². The summed E-state index contributed by atoms with van der Waals surface area (Å²) in [5.74, 6) is -2.29. The summed E-state index contributed by atoms with van der Waals surface area (Å²) >= 11 is 5.87. The lowest BCUT2D eigenvalue weighted by atomic mass is 9.88. The van der Waals surface area contributed by atoms with Crippen LogP contribution in [0.25, 0.3) is 0 Å². The highest BCUT2D eigenvalue weighted by Crippen LogP contribution is 2.25. The standard InChI is InChI=1S/C18H20ClN3O4/c1-11(2)15(12-5-7-13(19)8-6-12)16(23)21-22-18(25)17(24)20-10-14-4-3-9-26-14/h3-9,11,15H,10H2,1-2H3,(H,20,24)(H,21,23)(H,22,25)/t15-/m0/s1. The van der Waals surface area contributed by atoms with Crippen molar-refractivity contribution in [2.24, 2.45) is 5.92 Å². The second-order valence-corrected chi connectivity index (χ2v) is 6.42. The van der Waals surface area contributed by atoms with Crippen molar-refractivity contribution in [3.63, 3.8) is 0 Å². The van der Waals surface area contributed by atoms with E-state index in [0.717, 1.165) is 5.56 Å². The van der Waals surface area contributed by atoms with Gasteiger partial charge in [0.1, 0.15) is 5.76 Å². The average molecular weight is 378 g/mol. The molecule has 3 N–H and O–H groups in total. The molecule has 2 rings (SSSR count). The molecule has 0 aliphatic carbocycles. The normalized spacial score (nSPS) is 11.7. The van der Waals surface area contributed by atoms with E-state index in [9.17, 15) is 14.4 Å². The molecular formula is C18H20ClN3O4. The fourth-order valence-electron chi connectivity index (χ4n) is 2.42. The number of halogens is 1. The number of rotatable bonds is 5. The molecule has 7 nitrogen and oxygen atoms in total. The molecule has 1 aromatic carbocycles. The molecule has 0 saturated carbocycles. The Kier molecular flexibility index (Phi) is 6.80. The molecule has 26 heavy (non-hydrogen) atoms. The molecule has 2 aromatic rings. The minimum Gasteiger partial charge on any atom is -0.467 e. The number of carbonyl (C=O) groups excluding carboxylic acids is 3. The highest BCUT2D eigenvalue weighted by molar-refractivity contribution is 6.35. The van der Waals surface area contributed by atoms with Gasteiger partial charge in [0.15, 0.2) is 0 Å². The molecule has 0 unspecified atom stereocenters. The van der Waals surface area contributed by atoms with Gasteiger partial charge >= 0.3 is 11.8 Å². The van der Waals surface area contributed by atoms with Crippen molar-refractivity contribution < 1.29 is 18.8 Å². The number of nitrogens with one attached hydrogen (secondary N) is 3. The first-order valence-electron chi connectivity index (χ1n) is 8.04. The topological polar surface area (TPSA) is 100 Å². The van der Waals surface area contributed by atoms with Gasteiger partial charge in [0.2, 0.25) is 5.91 Å². The SMILES string of the molecule is CC(C)[C@H](C(=O)NNC(=O)C(=O)NCc1ccco1)c1ccc(Cl)cc1. The predicted octanol–water partition coefficient (Wildman–Crippen LogP) is 2.14. The maximum Gasteiger partial charge on any atom is 0.327 e. The summed E-state index contributed by atoms with van der Waals surface area (Å²) in [7, 11) is 0. The summed E-state index contributed by atoms with van der Waals surface area (Å²) in [5.41, 5.74) is 5.18. The molecule has 1 heterocycles. The fraction of sp³-hybridized carbons (Fsp3) is 0.278. The minimum atomic E-state index is -0.969. The van der Waals surface area contributed by atoms with E-state index in [4.69, 9.17) is 16.0 Å². The van der Waals surface area contributed by atoms with Crippen molar-refractivity contribution in [1.29, 1.82) is 0 Å².